The Kier molecular flexibility index (Phi) is 4.41. The van der Waals surface area contributed by atoms with Gasteiger partial charge in [-0.25, -0.2) is 14.4 Å². The lowest BCUT2D eigenvalue weighted by Crippen LogP contribution is -2.05. The first-order valence-corrected chi connectivity index (χ1v) is 9.55. The van der Waals surface area contributed by atoms with Crippen LogP contribution in [-0.2, 0) is 4.74 Å². The molecule has 0 spiro atoms. The summed E-state index contributed by atoms with van der Waals surface area (Å²) in [6.07, 6.45) is 0. The van der Waals surface area contributed by atoms with Crippen molar-refractivity contribution in [2.45, 2.75) is 6.92 Å². The smallest absolute Gasteiger partial charge is 0.380 e. The number of ether oxygens (including phenoxy) is 1. The van der Waals surface area contributed by atoms with Crippen molar-refractivity contribution in [1.29, 1.82) is 0 Å². The fourth-order valence-electron chi connectivity index (χ4n) is 2.64. The highest BCUT2D eigenvalue weighted by atomic mass is 127. The molecule has 4 aromatic rings. The zero-order valence-corrected chi connectivity index (χ0v) is 18.0. The molecule has 138 valence electrons. The van der Waals surface area contributed by atoms with Crippen LogP contribution in [0.1, 0.15) is 16.3 Å². The van der Waals surface area contributed by atoms with Gasteiger partial charge in [-0.2, -0.15) is 0 Å². The number of carbonyl (C=O) groups is 1. The first kappa shape index (κ1) is 18.3. The number of furan rings is 2. The number of aryl methyl sites for hydroxylation is 1. The van der Waals surface area contributed by atoms with Gasteiger partial charge in [0, 0.05) is 16.8 Å². The molecule has 4 heterocycles. The van der Waals surface area contributed by atoms with E-state index in [0.717, 1.165) is 0 Å². The third-order valence-electron chi connectivity index (χ3n) is 3.81. The molecule has 0 saturated heterocycles. The van der Waals surface area contributed by atoms with E-state index in [-0.39, 0.29) is 28.4 Å². The van der Waals surface area contributed by atoms with Crippen molar-refractivity contribution in [3.63, 3.8) is 0 Å². The van der Waals surface area contributed by atoms with Crippen molar-refractivity contribution in [2.75, 3.05) is 7.11 Å². The fourth-order valence-corrected chi connectivity index (χ4v) is 4.15. The highest BCUT2D eigenvalue weighted by molar-refractivity contribution is 14.1. The van der Waals surface area contributed by atoms with Crippen LogP contribution in [0.25, 0.3) is 33.5 Å². The van der Waals surface area contributed by atoms with Crippen molar-refractivity contribution < 1.29 is 27.2 Å². The summed E-state index contributed by atoms with van der Waals surface area (Å²) in [6, 6.07) is 3.09. The van der Waals surface area contributed by atoms with Crippen LogP contribution in [0.4, 0.5) is 0 Å². The van der Waals surface area contributed by atoms with Gasteiger partial charge in [-0.1, -0.05) is 0 Å². The van der Waals surface area contributed by atoms with Crippen molar-refractivity contribution in [2.24, 2.45) is 0 Å². The Morgan fingerprint density at radius 1 is 0.889 bits per heavy atom. The summed E-state index contributed by atoms with van der Waals surface area (Å²) < 4.78 is 26.9. The van der Waals surface area contributed by atoms with Gasteiger partial charge in [0.05, 0.1) is 14.3 Å². The summed E-state index contributed by atoms with van der Waals surface area (Å²) in [5, 5.41) is 0.907. The lowest BCUT2D eigenvalue weighted by molar-refractivity contribution is 0.0567. The predicted molar refractivity (Wildman–Crippen MR) is 110 cm³/mol. The number of rotatable bonds is 2. The number of methoxy groups -OCH3 is 1. The van der Waals surface area contributed by atoms with Crippen molar-refractivity contribution in [3.8, 4) is 11.5 Å². The SMILES string of the molecule is COC(=O)c1cc2c(I)c(-c3oc(=O)c4oc(C)cc4c3I)oc(=O)c2o1. The molecule has 0 atom stereocenters. The number of fused-ring (bicyclic) bond motifs is 2. The quantitative estimate of drug-likeness (QED) is 0.253. The first-order valence-electron chi connectivity index (χ1n) is 7.39. The van der Waals surface area contributed by atoms with Crippen molar-refractivity contribution in [3.05, 3.63) is 51.6 Å². The lowest BCUT2D eigenvalue weighted by atomic mass is 10.2. The minimum absolute atomic E-state index is 0.0626. The van der Waals surface area contributed by atoms with Gasteiger partial charge in [0.15, 0.2) is 11.5 Å². The van der Waals surface area contributed by atoms with Crippen molar-refractivity contribution in [1.82, 2.24) is 0 Å². The van der Waals surface area contributed by atoms with E-state index in [1.54, 1.807) is 13.0 Å². The number of hydrogen-bond acceptors (Lipinski definition) is 8. The molecule has 10 heteroatoms. The number of carbonyl (C=O) groups excluding carboxylic acids is 1. The van der Waals surface area contributed by atoms with Gasteiger partial charge in [-0.05, 0) is 58.2 Å². The van der Waals surface area contributed by atoms with Crippen LogP contribution in [0.2, 0.25) is 0 Å². The molecule has 0 saturated carbocycles. The molecule has 0 aromatic carbocycles. The number of halogens is 2. The van der Waals surface area contributed by atoms with Crippen LogP contribution in [0.3, 0.4) is 0 Å². The second-order valence-electron chi connectivity index (χ2n) is 5.51. The first-order chi connectivity index (χ1) is 12.8. The zero-order chi connectivity index (χ0) is 19.5. The molecule has 8 nitrogen and oxygen atoms in total. The van der Waals surface area contributed by atoms with Crippen LogP contribution in [0.5, 0.6) is 0 Å². The van der Waals surface area contributed by atoms with E-state index in [9.17, 15) is 14.4 Å². The highest BCUT2D eigenvalue weighted by Crippen LogP contribution is 2.36. The summed E-state index contributed by atoms with van der Waals surface area (Å²) in [6.45, 7) is 1.71. The van der Waals surface area contributed by atoms with E-state index in [1.807, 2.05) is 45.2 Å². The molecule has 0 amide bonds. The van der Waals surface area contributed by atoms with Crippen LogP contribution in [0.15, 0.2) is 39.4 Å². The summed E-state index contributed by atoms with van der Waals surface area (Å²) in [7, 11) is 1.20. The topological polar surface area (TPSA) is 113 Å². The average Bonchev–Trinajstić information content (AvgIpc) is 3.25. The standard InChI is InChI=1S/C17H8I2O8/c1-5-3-6-9(18)13(26-16(21)11(6)24-5)14-10(19)7-4-8(15(20)23-2)25-12(7)17(22)27-14/h3-4H,1-2H3. The third kappa shape index (κ3) is 2.81. The van der Waals surface area contributed by atoms with Gasteiger partial charge in [0.2, 0.25) is 16.9 Å². The summed E-state index contributed by atoms with van der Waals surface area (Å²) in [4.78, 5) is 36.3. The third-order valence-corrected chi connectivity index (χ3v) is 5.95. The second-order valence-corrected chi connectivity index (χ2v) is 7.67. The largest absolute Gasteiger partial charge is 0.463 e. The second kappa shape index (κ2) is 6.51. The average molecular weight is 594 g/mol. The molecule has 0 N–H and O–H groups in total. The molecular weight excluding hydrogens is 586 g/mol. The van der Waals surface area contributed by atoms with E-state index in [2.05, 4.69) is 4.74 Å². The molecule has 4 aromatic heterocycles. The minimum Gasteiger partial charge on any atom is -0.463 e. The Balaban J connectivity index is 2.05. The van der Waals surface area contributed by atoms with E-state index in [1.165, 1.54) is 13.2 Å². The maximum absolute atomic E-state index is 12.4. The van der Waals surface area contributed by atoms with Crippen LogP contribution < -0.4 is 11.3 Å². The lowest BCUT2D eigenvalue weighted by Gasteiger charge is -2.05. The molecule has 0 aliphatic heterocycles. The van der Waals surface area contributed by atoms with Gasteiger partial charge in [0.1, 0.15) is 5.76 Å². The van der Waals surface area contributed by atoms with Gasteiger partial charge in [-0.3, -0.25) is 0 Å². The molecule has 0 radical (unpaired) electrons. The number of esters is 1. The highest BCUT2D eigenvalue weighted by Gasteiger charge is 2.25. The normalized spacial score (nSPS) is 11.4. The Morgan fingerprint density at radius 2 is 1.41 bits per heavy atom. The molecule has 4 rings (SSSR count). The number of hydrogen-bond donors (Lipinski definition) is 0. The van der Waals surface area contributed by atoms with Gasteiger partial charge in [0.25, 0.3) is 0 Å². The van der Waals surface area contributed by atoms with E-state index in [0.29, 0.717) is 23.7 Å². The Morgan fingerprint density at radius 3 is 1.96 bits per heavy atom. The molecule has 0 aliphatic rings. The van der Waals surface area contributed by atoms with Gasteiger partial charge < -0.3 is 22.4 Å². The predicted octanol–water partition coefficient (Wildman–Crippen LogP) is 4.06. The molecule has 0 aliphatic carbocycles. The maximum Gasteiger partial charge on any atom is 0.380 e. The van der Waals surface area contributed by atoms with Crippen molar-refractivity contribution >= 4 is 73.1 Å². The summed E-state index contributed by atoms with van der Waals surface area (Å²) in [5.74, 6) is -0.145. The minimum atomic E-state index is -0.808. The zero-order valence-electron chi connectivity index (χ0n) is 13.7. The van der Waals surface area contributed by atoms with Gasteiger partial charge >= 0.3 is 17.2 Å². The van der Waals surface area contributed by atoms with E-state index >= 15 is 0 Å². The van der Waals surface area contributed by atoms with E-state index < -0.39 is 17.2 Å². The Bertz CT molecular complexity index is 1350. The Hall–Kier alpha value is -2.09. The molecule has 0 fully saturated rings. The summed E-state index contributed by atoms with van der Waals surface area (Å²) in [5.41, 5.74) is -1.52. The molecule has 27 heavy (non-hydrogen) atoms. The molecule has 0 bridgehead atoms. The van der Waals surface area contributed by atoms with Gasteiger partial charge in [-0.15, -0.1) is 0 Å². The fraction of sp³-hybridized carbons (Fsp3) is 0.118. The summed E-state index contributed by atoms with van der Waals surface area (Å²) >= 11 is 3.92. The molecule has 0 unspecified atom stereocenters. The monoisotopic (exact) mass is 594 g/mol. The maximum atomic E-state index is 12.4. The van der Waals surface area contributed by atoms with Crippen LogP contribution in [-0.4, -0.2) is 13.1 Å². The van der Waals surface area contributed by atoms with Crippen LogP contribution in [0, 0.1) is 14.1 Å². The molecular formula is C17H8I2O8. The Labute approximate surface area is 176 Å². The van der Waals surface area contributed by atoms with Crippen LogP contribution >= 0.6 is 45.2 Å². The van der Waals surface area contributed by atoms with E-state index in [4.69, 9.17) is 17.7 Å².